The first kappa shape index (κ1) is 17.4. The highest BCUT2D eigenvalue weighted by Crippen LogP contribution is 2.24. The first-order valence-electron chi connectivity index (χ1n) is 7.83. The van der Waals surface area contributed by atoms with Gasteiger partial charge in [0.15, 0.2) is 0 Å². The van der Waals surface area contributed by atoms with Crippen molar-refractivity contribution >= 4 is 22.4 Å². The van der Waals surface area contributed by atoms with E-state index < -0.39 is 5.41 Å². The lowest BCUT2D eigenvalue weighted by atomic mass is 9.89. The molecule has 1 heterocycles. The Balaban J connectivity index is 1.75. The third-order valence-electron chi connectivity index (χ3n) is 3.73. The number of hydrogen-bond donors (Lipinski definition) is 1. The van der Waals surface area contributed by atoms with Crippen molar-refractivity contribution in [3.8, 4) is 5.75 Å². The van der Waals surface area contributed by atoms with Crippen molar-refractivity contribution in [2.24, 2.45) is 5.41 Å². The summed E-state index contributed by atoms with van der Waals surface area (Å²) in [6.45, 7) is 6.47. The molecule has 0 unspecified atom stereocenters. The van der Waals surface area contributed by atoms with Gasteiger partial charge in [-0.1, -0.05) is 50.3 Å². The Morgan fingerprint density at radius 2 is 2.00 bits per heavy atom. The van der Waals surface area contributed by atoms with Crippen molar-refractivity contribution in [3.63, 3.8) is 0 Å². The van der Waals surface area contributed by atoms with Crippen LogP contribution in [-0.4, -0.2) is 22.7 Å². The average molecular weight is 333 g/mol. The number of ether oxygens (including phenoxy) is 1. The summed E-state index contributed by atoms with van der Waals surface area (Å²) in [7, 11) is 0. The van der Waals surface area contributed by atoms with Crippen LogP contribution in [0.25, 0.3) is 0 Å². The highest BCUT2D eigenvalue weighted by atomic mass is 32.1. The summed E-state index contributed by atoms with van der Waals surface area (Å²) in [4.78, 5) is 12.1. The lowest BCUT2D eigenvalue weighted by Gasteiger charge is -2.20. The van der Waals surface area contributed by atoms with Crippen molar-refractivity contribution in [1.29, 1.82) is 0 Å². The molecule has 1 amide bonds. The molecule has 23 heavy (non-hydrogen) atoms. The summed E-state index contributed by atoms with van der Waals surface area (Å²) in [5.74, 6) is 0.856. The van der Waals surface area contributed by atoms with Gasteiger partial charge in [0.1, 0.15) is 10.8 Å². The van der Waals surface area contributed by atoms with Gasteiger partial charge in [0.05, 0.1) is 6.61 Å². The highest BCUT2D eigenvalue weighted by Gasteiger charge is 2.26. The summed E-state index contributed by atoms with van der Waals surface area (Å²) in [5.41, 5.74) is -0.393. The van der Waals surface area contributed by atoms with Crippen molar-refractivity contribution in [2.45, 2.75) is 40.0 Å². The van der Waals surface area contributed by atoms with Crippen molar-refractivity contribution < 1.29 is 9.53 Å². The minimum atomic E-state index is -0.393. The molecule has 0 fully saturated rings. The Morgan fingerprint density at radius 1 is 1.26 bits per heavy atom. The molecule has 1 N–H and O–H groups in total. The topological polar surface area (TPSA) is 64.1 Å². The summed E-state index contributed by atoms with van der Waals surface area (Å²) in [5, 5.41) is 12.5. The molecule has 2 rings (SSSR count). The molecule has 1 aromatic heterocycles. The van der Waals surface area contributed by atoms with Crippen LogP contribution in [-0.2, 0) is 11.2 Å². The molecule has 0 aliphatic carbocycles. The fraction of sp³-hybridized carbons (Fsp3) is 0.471. The molecule has 1 aromatic carbocycles. The molecule has 5 nitrogen and oxygen atoms in total. The third kappa shape index (κ3) is 5.32. The zero-order chi connectivity index (χ0) is 16.7. The maximum atomic E-state index is 12.1. The van der Waals surface area contributed by atoms with Gasteiger partial charge in [-0.25, -0.2) is 0 Å². The van der Waals surface area contributed by atoms with E-state index in [9.17, 15) is 4.79 Å². The summed E-state index contributed by atoms with van der Waals surface area (Å²) in [6.07, 6.45) is 2.43. The molecule has 124 valence electrons. The predicted molar refractivity (Wildman–Crippen MR) is 92.9 cm³/mol. The van der Waals surface area contributed by atoms with Crippen LogP contribution in [0.1, 0.15) is 38.6 Å². The van der Waals surface area contributed by atoms with E-state index in [-0.39, 0.29) is 5.91 Å². The lowest BCUT2D eigenvalue weighted by Crippen LogP contribution is -2.29. The Labute approximate surface area is 141 Å². The van der Waals surface area contributed by atoms with Gasteiger partial charge in [-0.15, -0.1) is 10.2 Å². The second kappa shape index (κ2) is 8.06. The Hall–Kier alpha value is -1.95. The number of aromatic nitrogens is 2. The predicted octanol–water partition coefficient (Wildman–Crippen LogP) is 3.92. The van der Waals surface area contributed by atoms with Gasteiger partial charge in [0.2, 0.25) is 11.0 Å². The minimum absolute atomic E-state index is 0.0184. The molecule has 0 aliphatic heterocycles. The van der Waals surface area contributed by atoms with Crippen molar-refractivity contribution in [3.05, 3.63) is 35.3 Å². The maximum absolute atomic E-state index is 12.1. The van der Waals surface area contributed by atoms with Crippen LogP contribution in [0.5, 0.6) is 5.75 Å². The first-order valence-corrected chi connectivity index (χ1v) is 8.64. The van der Waals surface area contributed by atoms with E-state index in [1.54, 1.807) is 0 Å². The third-order valence-corrected chi connectivity index (χ3v) is 4.63. The summed E-state index contributed by atoms with van der Waals surface area (Å²) < 4.78 is 5.65. The van der Waals surface area contributed by atoms with Gasteiger partial charge in [-0.2, -0.15) is 0 Å². The average Bonchev–Trinajstić information content (AvgIpc) is 3.00. The molecule has 0 bridgehead atoms. The van der Waals surface area contributed by atoms with Gasteiger partial charge in [-0.3, -0.25) is 4.79 Å². The lowest BCUT2D eigenvalue weighted by molar-refractivity contribution is -0.124. The van der Waals surface area contributed by atoms with Crippen LogP contribution in [0.4, 0.5) is 5.13 Å². The fourth-order valence-electron chi connectivity index (χ4n) is 1.76. The Bertz CT molecular complexity index is 626. The molecule has 0 spiro atoms. The number of carbonyl (C=O) groups excluding carboxylic acids is 1. The highest BCUT2D eigenvalue weighted by molar-refractivity contribution is 7.15. The normalized spacial score (nSPS) is 11.3. The Morgan fingerprint density at radius 3 is 2.70 bits per heavy atom. The van der Waals surface area contributed by atoms with E-state index in [0.717, 1.165) is 30.0 Å². The number of hydrogen-bond acceptors (Lipinski definition) is 5. The number of amides is 1. The van der Waals surface area contributed by atoms with Crippen molar-refractivity contribution in [1.82, 2.24) is 10.2 Å². The van der Waals surface area contributed by atoms with E-state index >= 15 is 0 Å². The van der Waals surface area contributed by atoms with Gasteiger partial charge >= 0.3 is 0 Å². The SMILES string of the molecule is CCC(C)(C)C(=O)Nc1nnc(CCCOc2ccccc2)s1. The number of carbonyl (C=O) groups is 1. The van der Waals surface area contributed by atoms with Crippen LogP contribution in [0.15, 0.2) is 30.3 Å². The zero-order valence-electron chi connectivity index (χ0n) is 13.8. The van der Waals surface area contributed by atoms with E-state index in [1.807, 2.05) is 51.1 Å². The molecular formula is C17H23N3O2S. The molecule has 2 aromatic rings. The monoisotopic (exact) mass is 333 g/mol. The molecule has 0 saturated carbocycles. The van der Waals surface area contributed by atoms with Gasteiger partial charge in [-0.05, 0) is 25.0 Å². The Kier molecular flexibility index (Phi) is 6.10. The molecule has 6 heteroatoms. The van der Waals surface area contributed by atoms with Crippen LogP contribution in [0.3, 0.4) is 0 Å². The first-order chi connectivity index (χ1) is 11.0. The number of rotatable bonds is 8. The van der Waals surface area contributed by atoms with E-state index in [4.69, 9.17) is 4.74 Å². The maximum Gasteiger partial charge on any atom is 0.231 e. The smallest absolute Gasteiger partial charge is 0.231 e. The van der Waals surface area contributed by atoms with Gasteiger partial charge in [0.25, 0.3) is 0 Å². The fourth-order valence-corrected chi connectivity index (χ4v) is 2.54. The molecule has 0 atom stereocenters. The van der Waals surface area contributed by atoms with E-state index in [1.165, 1.54) is 11.3 Å². The number of nitrogens with zero attached hydrogens (tertiary/aromatic N) is 2. The number of benzene rings is 1. The quantitative estimate of drug-likeness (QED) is 0.744. The number of aryl methyl sites for hydroxylation is 1. The molecule has 0 radical (unpaired) electrons. The van der Waals surface area contributed by atoms with Crippen molar-refractivity contribution in [2.75, 3.05) is 11.9 Å². The second-order valence-electron chi connectivity index (χ2n) is 5.96. The molecule has 0 aliphatic rings. The zero-order valence-corrected chi connectivity index (χ0v) is 14.7. The number of nitrogens with one attached hydrogen (secondary N) is 1. The molecular weight excluding hydrogens is 310 g/mol. The van der Waals surface area contributed by atoms with Gasteiger partial charge in [0, 0.05) is 11.8 Å². The van der Waals surface area contributed by atoms with E-state index in [2.05, 4.69) is 15.5 Å². The minimum Gasteiger partial charge on any atom is -0.494 e. The number of para-hydroxylation sites is 1. The molecule has 0 saturated heterocycles. The van der Waals surface area contributed by atoms with E-state index in [0.29, 0.717) is 11.7 Å². The summed E-state index contributed by atoms with van der Waals surface area (Å²) in [6, 6.07) is 9.74. The largest absolute Gasteiger partial charge is 0.494 e. The van der Waals surface area contributed by atoms with Crippen LogP contribution in [0.2, 0.25) is 0 Å². The number of anilines is 1. The standard InChI is InChI=1S/C17H23N3O2S/c1-4-17(2,3)15(21)18-16-20-19-14(23-16)11-8-12-22-13-9-6-5-7-10-13/h5-7,9-10H,4,8,11-12H2,1-3H3,(H,18,20,21). The van der Waals surface area contributed by atoms with Crippen LogP contribution in [0, 0.1) is 5.41 Å². The second-order valence-corrected chi connectivity index (χ2v) is 7.02. The summed E-state index contributed by atoms with van der Waals surface area (Å²) >= 11 is 1.42. The van der Waals surface area contributed by atoms with Crippen LogP contribution < -0.4 is 10.1 Å². The van der Waals surface area contributed by atoms with Crippen LogP contribution >= 0.6 is 11.3 Å². The van der Waals surface area contributed by atoms with Gasteiger partial charge < -0.3 is 10.1 Å².